The lowest BCUT2D eigenvalue weighted by molar-refractivity contribution is 0.0303. The summed E-state index contributed by atoms with van der Waals surface area (Å²) in [5.74, 6) is -0.0721. The number of carbonyl (C=O) groups is 2. The molecule has 1 aliphatic rings. The molecule has 0 bridgehead atoms. The highest BCUT2D eigenvalue weighted by atomic mass is 16.5. The van der Waals surface area contributed by atoms with E-state index in [1.807, 2.05) is 12.1 Å². The fourth-order valence-electron chi connectivity index (χ4n) is 2.64. The second-order valence-electron chi connectivity index (χ2n) is 5.89. The molecule has 1 heterocycles. The fourth-order valence-corrected chi connectivity index (χ4v) is 2.64. The molecule has 0 saturated carbocycles. The topological polar surface area (TPSA) is 70.7 Å². The van der Waals surface area contributed by atoms with Gasteiger partial charge in [-0.3, -0.25) is 4.79 Å². The van der Waals surface area contributed by atoms with E-state index in [-0.39, 0.29) is 11.9 Å². The van der Waals surface area contributed by atoms with Gasteiger partial charge in [-0.15, -0.1) is 0 Å². The Morgan fingerprint density at radius 1 is 1.12 bits per heavy atom. The van der Waals surface area contributed by atoms with Gasteiger partial charge in [0.1, 0.15) is 0 Å². The zero-order valence-electron chi connectivity index (χ0n) is 14.3. The van der Waals surface area contributed by atoms with E-state index in [1.165, 1.54) is 12.8 Å². The summed E-state index contributed by atoms with van der Waals surface area (Å²) < 4.78 is 5.28. The van der Waals surface area contributed by atoms with Crippen LogP contribution in [0.25, 0.3) is 0 Å². The largest absolute Gasteiger partial charge is 0.378 e. The molecule has 1 aromatic rings. The van der Waals surface area contributed by atoms with E-state index in [1.54, 1.807) is 17.0 Å². The van der Waals surface area contributed by atoms with E-state index in [2.05, 4.69) is 17.6 Å². The molecule has 1 saturated heterocycles. The molecule has 1 aliphatic heterocycles. The molecule has 6 heteroatoms. The lowest BCUT2D eigenvalue weighted by Crippen LogP contribution is -2.41. The van der Waals surface area contributed by atoms with Crippen molar-refractivity contribution >= 4 is 17.6 Å². The molecule has 1 aromatic carbocycles. The molecule has 0 aliphatic carbocycles. The van der Waals surface area contributed by atoms with Gasteiger partial charge in [-0.05, 0) is 18.6 Å². The van der Waals surface area contributed by atoms with Crippen LogP contribution in [0.15, 0.2) is 24.3 Å². The van der Waals surface area contributed by atoms with Gasteiger partial charge in [-0.25, -0.2) is 4.79 Å². The Morgan fingerprint density at radius 2 is 1.88 bits per heavy atom. The Morgan fingerprint density at radius 3 is 2.62 bits per heavy atom. The number of morpholine rings is 1. The lowest BCUT2D eigenvalue weighted by Gasteiger charge is -2.27. The summed E-state index contributed by atoms with van der Waals surface area (Å²) in [5.41, 5.74) is 1.06. The van der Waals surface area contributed by atoms with Gasteiger partial charge in [0.2, 0.25) is 0 Å². The molecule has 0 atom stereocenters. The summed E-state index contributed by atoms with van der Waals surface area (Å²) >= 11 is 0. The molecular weight excluding hydrogens is 306 g/mol. The number of hydrogen-bond donors (Lipinski definition) is 2. The van der Waals surface area contributed by atoms with Crippen LogP contribution >= 0.6 is 0 Å². The number of nitrogens with zero attached hydrogens (tertiary/aromatic N) is 1. The minimum absolute atomic E-state index is 0.0721. The number of unbranched alkanes of at least 4 members (excludes halogenated alkanes) is 3. The standard InChI is InChI=1S/C18H27N3O3/c1-2-3-4-7-10-19-18(23)20-16-9-6-5-8-15(16)17(22)21-11-13-24-14-12-21/h5-6,8-9H,2-4,7,10-14H2,1H3,(H2,19,20,23). The van der Waals surface area contributed by atoms with Crippen LogP contribution in [-0.4, -0.2) is 49.7 Å². The Bertz CT molecular complexity index is 542. The van der Waals surface area contributed by atoms with E-state index in [0.29, 0.717) is 44.1 Å². The minimum Gasteiger partial charge on any atom is -0.378 e. The predicted molar refractivity (Wildman–Crippen MR) is 94.3 cm³/mol. The molecule has 2 rings (SSSR count). The SMILES string of the molecule is CCCCCCNC(=O)Nc1ccccc1C(=O)N1CCOCC1. The van der Waals surface area contributed by atoms with Crippen LogP contribution in [0.5, 0.6) is 0 Å². The summed E-state index contributed by atoms with van der Waals surface area (Å²) in [7, 11) is 0. The summed E-state index contributed by atoms with van der Waals surface area (Å²) in [6.07, 6.45) is 4.43. The number of para-hydroxylation sites is 1. The lowest BCUT2D eigenvalue weighted by atomic mass is 10.1. The fraction of sp³-hybridized carbons (Fsp3) is 0.556. The van der Waals surface area contributed by atoms with Crippen molar-refractivity contribution < 1.29 is 14.3 Å². The van der Waals surface area contributed by atoms with Crippen LogP contribution in [0, 0.1) is 0 Å². The molecule has 24 heavy (non-hydrogen) atoms. The van der Waals surface area contributed by atoms with Crippen LogP contribution in [0.1, 0.15) is 43.0 Å². The van der Waals surface area contributed by atoms with Crippen molar-refractivity contribution in [3.63, 3.8) is 0 Å². The Kier molecular flexibility index (Phi) is 7.55. The summed E-state index contributed by atoms with van der Waals surface area (Å²) in [5, 5.41) is 5.63. The van der Waals surface area contributed by atoms with E-state index in [0.717, 1.165) is 12.8 Å². The number of urea groups is 1. The maximum atomic E-state index is 12.6. The Balaban J connectivity index is 1.90. The quantitative estimate of drug-likeness (QED) is 0.754. The highest BCUT2D eigenvalue weighted by Crippen LogP contribution is 2.18. The van der Waals surface area contributed by atoms with Crippen LogP contribution in [0.3, 0.4) is 0 Å². The normalized spacial score (nSPS) is 14.3. The molecule has 3 amide bonds. The number of anilines is 1. The van der Waals surface area contributed by atoms with Gasteiger partial charge >= 0.3 is 6.03 Å². The average molecular weight is 333 g/mol. The van der Waals surface area contributed by atoms with E-state index < -0.39 is 0 Å². The first-order chi connectivity index (χ1) is 11.7. The first kappa shape index (κ1) is 18.3. The van der Waals surface area contributed by atoms with Crippen molar-refractivity contribution in [3.8, 4) is 0 Å². The van der Waals surface area contributed by atoms with Crippen LogP contribution in [0.2, 0.25) is 0 Å². The highest BCUT2D eigenvalue weighted by molar-refractivity contribution is 6.03. The minimum atomic E-state index is -0.270. The molecule has 0 spiro atoms. The maximum Gasteiger partial charge on any atom is 0.319 e. The van der Waals surface area contributed by atoms with Gasteiger partial charge in [-0.1, -0.05) is 38.3 Å². The zero-order chi connectivity index (χ0) is 17.2. The number of nitrogens with one attached hydrogen (secondary N) is 2. The summed E-state index contributed by atoms with van der Waals surface area (Å²) in [6.45, 7) is 5.07. The molecule has 0 aromatic heterocycles. The third kappa shape index (κ3) is 5.53. The molecule has 132 valence electrons. The Labute approximate surface area is 143 Å². The van der Waals surface area contributed by atoms with Crippen molar-refractivity contribution in [1.29, 1.82) is 0 Å². The number of benzene rings is 1. The predicted octanol–water partition coefficient (Wildman–Crippen LogP) is 2.86. The second-order valence-corrected chi connectivity index (χ2v) is 5.89. The van der Waals surface area contributed by atoms with Gasteiger partial charge < -0.3 is 20.3 Å². The molecule has 2 N–H and O–H groups in total. The number of ether oxygens (including phenoxy) is 1. The van der Waals surface area contributed by atoms with E-state index >= 15 is 0 Å². The average Bonchev–Trinajstić information content (AvgIpc) is 2.62. The smallest absolute Gasteiger partial charge is 0.319 e. The highest BCUT2D eigenvalue weighted by Gasteiger charge is 2.21. The van der Waals surface area contributed by atoms with Crippen LogP contribution < -0.4 is 10.6 Å². The van der Waals surface area contributed by atoms with Gasteiger partial charge in [0.15, 0.2) is 0 Å². The summed E-state index contributed by atoms with van der Waals surface area (Å²) in [4.78, 5) is 26.4. The Hall–Kier alpha value is -2.08. The van der Waals surface area contributed by atoms with E-state index in [4.69, 9.17) is 4.74 Å². The van der Waals surface area contributed by atoms with Crippen molar-refractivity contribution in [1.82, 2.24) is 10.2 Å². The second kappa shape index (κ2) is 9.93. The number of carbonyl (C=O) groups excluding carboxylic acids is 2. The number of rotatable bonds is 7. The monoisotopic (exact) mass is 333 g/mol. The van der Waals surface area contributed by atoms with Crippen molar-refractivity contribution in [2.24, 2.45) is 0 Å². The summed E-state index contributed by atoms with van der Waals surface area (Å²) in [6, 6.07) is 6.85. The molecule has 6 nitrogen and oxygen atoms in total. The number of amides is 3. The number of hydrogen-bond acceptors (Lipinski definition) is 3. The first-order valence-electron chi connectivity index (χ1n) is 8.73. The first-order valence-corrected chi connectivity index (χ1v) is 8.73. The molecule has 0 unspecified atom stereocenters. The van der Waals surface area contributed by atoms with Gasteiger partial charge in [0.05, 0.1) is 24.5 Å². The van der Waals surface area contributed by atoms with Gasteiger partial charge in [0, 0.05) is 19.6 Å². The zero-order valence-corrected chi connectivity index (χ0v) is 14.3. The molecular formula is C18H27N3O3. The van der Waals surface area contributed by atoms with Gasteiger partial charge in [-0.2, -0.15) is 0 Å². The third-order valence-corrected chi connectivity index (χ3v) is 4.02. The van der Waals surface area contributed by atoms with Gasteiger partial charge in [0.25, 0.3) is 5.91 Å². The molecule has 1 fully saturated rings. The maximum absolute atomic E-state index is 12.6. The molecule has 0 radical (unpaired) electrons. The van der Waals surface area contributed by atoms with Crippen LogP contribution in [-0.2, 0) is 4.74 Å². The van der Waals surface area contributed by atoms with Crippen molar-refractivity contribution in [2.75, 3.05) is 38.2 Å². The van der Waals surface area contributed by atoms with Crippen LogP contribution in [0.4, 0.5) is 10.5 Å². The van der Waals surface area contributed by atoms with E-state index in [9.17, 15) is 9.59 Å². The third-order valence-electron chi connectivity index (χ3n) is 4.02. The van der Waals surface area contributed by atoms with Crippen molar-refractivity contribution in [3.05, 3.63) is 29.8 Å². The van der Waals surface area contributed by atoms with Crippen molar-refractivity contribution in [2.45, 2.75) is 32.6 Å².